The second kappa shape index (κ2) is 13.1. The number of carboxylic acids is 2. The maximum absolute atomic E-state index is 12.1. The van der Waals surface area contributed by atoms with Gasteiger partial charge in [-0.15, -0.1) is 0 Å². The van der Waals surface area contributed by atoms with Gasteiger partial charge in [0.05, 0.1) is 14.2 Å². The molecule has 10 nitrogen and oxygen atoms in total. The number of aliphatic carboxylic acids is 2. The number of ether oxygens (including phenoxy) is 4. The van der Waals surface area contributed by atoms with Crippen LogP contribution >= 0.6 is 0 Å². The second-order valence-corrected chi connectivity index (χ2v) is 6.82. The van der Waals surface area contributed by atoms with Crippen LogP contribution in [-0.4, -0.2) is 60.5 Å². The standard InChI is InChI=1S/C25H24O10/c1-32-22-11-16(5-9-20(22)34-14-24(28)29)3-7-18(26)13-19(27)8-4-17-6-10-21(23(12-17)33-2)35-15-25(30)31/h3-13,26H,14-15H2,1-2H3,(H,28,29)(H,30,31)/b7-3+,8-4+,18-13-. The molecule has 0 radical (unpaired) electrons. The van der Waals surface area contributed by atoms with E-state index in [4.69, 9.17) is 29.2 Å². The van der Waals surface area contributed by atoms with Gasteiger partial charge in [0.1, 0.15) is 5.76 Å². The molecule has 0 saturated heterocycles. The van der Waals surface area contributed by atoms with Gasteiger partial charge < -0.3 is 34.3 Å². The van der Waals surface area contributed by atoms with Crippen molar-refractivity contribution in [2.75, 3.05) is 27.4 Å². The van der Waals surface area contributed by atoms with E-state index >= 15 is 0 Å². The lowest BCUT2D eigenvalue weighted by atomic mass is 10.1. The van der Waals surface area contributed by atoms with Crippen LogP contribution in [0.15, 0.2) is 60.4 Å². The predicted octanol–water partition coefficient (Wildman–Crippen LogP) is 3.37. The fourth-order valence-electron chi connectivity index (χ4n) is 2.70. The van der Waals surface area contributed by atoms with Crippen LogP contribution in [0.1, 0.15) is 11.1 Å². The Balaban J connectivity index is 2.04. The number of carbonyl (C=O) groups is 3. The molecule has 0 unspecified atom stereocenters. The highest BCUT2D eigenvalue weighted by Gasteiger charge is 2.08. The van der Waals surface area contributed by atoms with Gasteiger partial charge in [-0.2, -0.15) is 0 Å². The van der Waals surface area contributed by atoms with E-state index in [0.29, 0.717) is 22.6 Å². The van der Waals surface area contributed by atoms with Gasteiger partial charge in [-0.1, -0.05) is 24.3 Å². The third-order valence-electron chi connectivity index (χ3n) is 4.25. The summed E-state index contributed by atoms with van der Waals surface area (Å²) in [5, 5.41) is 27.5. The van der Waals surface area contributed by atoms with Crippen LogP contribution in [-0.2, 0) is 14.4 Å². The van der Waals surface area contributed by atoms with E-state index in [1.165, 1.54) is 50.7 Å². The average molecular weight is 484 g/mol. The molecule has 0 atom stereocenters. The Bertz CT molecular complexity index is 1160. The molecule has 35 heavy (non-hydrogen) atoms. The smallest absolute Gasteiger partial charge is 0.341 e. The summed E-state index contributed by atoms with van der Waals surface area (Å²) in [7, 11) is 2.81. The molecule has 0 bridgehead atoms. The van der Waals surface area contributed by atoms with Crippen molar-refractivity contribution in [3.8, 4) is 23.0 Å². The second-order valence-electron chi connectivity index (χ2n) is 6.82. The number of hydrogen-bond donors (Lipinski definition) is 3. The van der Waals surface area contributed by atoms with E-state index in [0.717, 1.165) is 6.08 Å². The van der Waals surface area contributed by atoms with Gasteiger partial charge in [0, 0.05) is 6.08 Å². The van der Waals surface area contributed by atoms with Crippen LogP contribution in [0.3, 0.4) is 0 Å². The Hall–Kier alpha value is -4.73. The monoisotopic (exact) mass is 484 g/mol. The highest BCUT2D eigenvalue weighted by atomic mass is 16.5. The minimum absolute atomic E-state index is 0.249. The van der Waals surface area contributed by atoms with Crippen LogP contribution in [0, 0.1) is 0 Å². The molecule has 2 rings (SSSR count). The summed E-state index contributed by atoms with van der Waals surface area (Å²) in [6.07, 6.45) is 6.62. The van der Waals surface area contributed by atoms with Crippen LogP contribution in [0.25, 0.3) is 12.2 Å². The van der Waals surface area contributed by atoms with E-state index in [-0.39, 0.29) is 17.3 Å². The minimum atomic E-state index is -1.12. The Labute approximate surface area is 200 Å². The predicted molar refractivity (Wildman–Crippen MR) is 126 cm³/mol. The number of rotatable bonds is 13. The first kappa shape index (κ1) is 26.5. The maximum Gasteiger partial charge on any atom is 0.341 e. The molecule has 2 aromatic rings. The summed E-state index contributed by atoms with van der Waals surface area (Å²) < 4.78 is 20.6. The third kappa shape index (κ3) is 8.97. The van der Waals surface area contributed by atoms with Crippen molar-refractivity contribution in [2.24, 2.45) is 0 Å². The lowest BCUT2D eigenvalue weighted by Crippen LogP contribution is -2.10. The normalized spacial score (nSPS) is 11.4. The summed E-state index contributed by atoms with van der Waals surface area (Å²) in [6.45, 7) is -1.03. The summed E-state index contributed by atoms with van der Waals surface area (Å²) in [4.78, 5) is 33.4. The zero-order chi connectivity index (χ0) is 25.8. The molecule has 0 heterocycles. The number of aliphatic hydroxyl groups excluding tert-OH is 1. The number of aliphatic hydroxyl groups is 1. The lowest BCUT2D eigenvalue weighted by Gasteiger charge is -2.09. The number of benzene rings is 2. The van der Waals surface area contributed by atoms with E-state index < -0.39 is 30.9 Å². The summed E-state index contributed by atoms with van der Waals surface area (Å²) in [5.41, 5.74) is 1.21. The molecule has 10 heteroatoms. The van der Waals surface area contributed by atoms with E-state index in [1.807, 2.05) is 0 Å². The fourth-order valence-corrected chi connectivity index (χ4v) is 2.70. The van der Waals surface area contributed by atoms with E-state index in [2.05, 4.69) is 0 Å². The van der Waals surface area contributed by atoms with Crippen LogP contribution in [0.4, 0.5) is 0 Å². The summed E-state index contributed by atoms with van der Waals surface area (Å²) >= 11 is 0. The number of carbonyl (C=O) groups excluding carboxylic acids is 1. The van der Waals surface area contributed by atoms with Gasteiger partial charge in [-0.25, -0.2) is 9.59 Å². The van der Waals surface area contributed by atoms with Gasteiger partial charge in [-0.05, 0) is 47.5 Å². The molecule has 184 valence electrons. The zero-order valence-corrected chi connectivity index (χ0v) is 19.0. The van der Waals surface area contributed by atoms with Crippen LogP contribution < -0.4 is 18.9 Å². The first-order valence-corrected chi connectivity index (χ1v) is 10.1. The van der Waals surface area contributed by atoms with Crippen molar-refractivity contribution in [3.05, 3.63) is 71.5 Å². The molecule has 0 aliphatic rings. The van der Waals surface area contributed by atoms with Gasteiger partial charge >= 0.3 is 11.9 Å². The maximum atomic E-state index is 12.1. The number of ketones is 1. The molecule has 0 aliphatic heterocycles. The first-order chi connectivity index (χ1) is 16.7. The van der Waals surface area contributed by atoms with Crippen molar-refractivity contribution < 1.29 is 48.7 Å². The molecule has 0 saturated carbocycles. The SMILES string of the molecule is COc1cc(/C=C/C(=O)/C=C(O)/C=C/c2ccc(OCC(=O)O)c(OC)c2)ccc1OCC(=O)O. The Morgan fingerprint density at radius 1 is 0.714 bits per heavy atom. The number of carboxylic acid groups (broad SMARTS) is 2. The Kier molecular flexibility index (Phi) is 9.92. The van der Waals surface area contributed by atoms with Crippen molar-refractivity contribution in [1.82, 2.24) is 0 Å². The molecule has 2 aromatic carbocycles. The largest absolute Gasteiger partial charge is 0.508 e. The molecule has 0 spiro atoms. The van der Waals surface area contributed by atoms with Crippen molar-refractivity contribution >= 4 is 29.9 Å². The Morgan fingerprint density at radius 2 is 1.17 bits per heavy atom. The number of allylic oxidation sites excluding steroid dienone is 3. The van der Waals surface area contributed by atoms with Gasteiger partial charge in [0.2, 0.25) is 0 Å². The summed E-state index contributed by atoms with van der Waals surface area (Å²) in [5.74, 6) is -1.90. The molecule has 0 fully saturated rings. The third-order valence-corrected chi connectivity index (χ3v) is 4.25. The molecular weight excluding hydrogens is 460 g/mol. The van der Waals surface area contributed by atoms with Crippen LogP contribution in [0.5, 0.6) is 23.0 Å². The highest BCUT2D eigenvalue weighted by Crippen LogP contribution is 2.29. The van der Waals surface area contributed by atoms with Gasteiger partial charge in [0.25, 0.3) is 0 Å². The lowest BCUT2D eigenvalue weighted by molar-refractivity contribution is -0.140. The quantitative estimate of drug-likeness (QED) is 0.219. The van der Waals surface area contributed by atoms with Crippen LogP contribution in [0.2, 0.25) is 0 Å². The molecule has 0 amide bonds. The molecule has 0 aliphatic carbocycles. The minimum Gasteiger partial charge on any atom is -0.508 e. The summed E-state index contributed by atoms with van der Waals surface area (Å²) in [6, 6.07) is 9.45. The van der Waals surface area contributed by atoms with Gasteiger partial charge in [-0.3, -0.25) is 4.79 Å². The van der Waals surface area contributed by atoms with Crippen molar-refractivity contribution in [3.63, 3.8) is 0 Å². The number of hydrogen-bond acceptors (Lipinski definition) is 8. The van der Waals surface area contributed by atoms with E-state index in [1.54, 1.807) is 24.3 Å². The molecular formula is C25H24O10. The highest BCUT2D eigenvalue weighted by molar-refractivity contribution is 6.02. The average Bonchev–Trinajstić information content (AvgIpc) is 2.83. The molecule has 3 N–H and O–H groups in total. The van der Waals surface area contributed by atoms with E-state index in [9.17, 15) is 19.5 Å². The van der Waals surface area contributed by atoms with Gasteiger partial charge in [0.15, 0.2) is 42.0 Å². The fraction of sp³-hybridized carbons (Fsp3) is 0.160. The molecule has 0 aromatic heterocycles. The first-order valence-electron chi connectivity index (χ1n) is 10.1. The Morgan fingerprint density at radius 3 is 1.60 bits per heavy atom. The topological polar surface area (TPSA) is 149 Å². The zero-order valence-electron chi connectivity index (χ0n) is 19.0. The van der Waals surface area contributed by atoms with Crippen molar-refractivity contribution in [2.45, 2.75) is 0 Å². The van der Waals surface area contributed by atoms with Crippen molar-refractivity contribution in [1.29, 1.82) is 0 Å². The number of methoxy groups -OCH3 is 2.